The molecule has 1 amide bonds. The van der Waals surface area contributed by atoms with Crippen molar-refractivity contribution in [2.24, 2.45) is 0 Å². The predicted molar refractivity (Wildman–Crippen MR) is 41.4 cm³/mol. The Hall–Kier alpha value is -1.38. The minimum absolute atomic E-state index is 0.774. The van der Waals surface area contributed by atoms with E-state index in [2.05, 4.69) is 4.98 Å². The molecule has 0 N–H and O–H groups in total. The van der Waals surface area contributed by atoms with Crippen LogP contribution < -0.4 is 4.90 Å². The predicted octanol–water partition coefficient (Wildman–Crippen LogP) is 0.600. The Morgan fingerprint density at radius 2 is 2.55 bits per heavy atom. The summed E-state index contributed by atoms with van der Waals surface area (Å²) in [5, 5.41) is 0. The molecular weight excluding hydrogens is 140 g/mol. The van der Waals surface area contributed by atoms with Gasteiger partial charge < -0.3 is 0 Å². The molecule has 11 heavy (non-hydrogen) atoms. The van der Waals surface area contributed by atoms with E-state index < -0.39 is 0 Å². The fourth-order valence-corrected chi connectivity index (χ4v) is 1.33. The number of pyridine rings is 1. The van der Waals surface area contributed by atoms with Gasteiger partial charge in [-0.1, -0.05) is 6.07 Å². The summed E-state index contributed by atoms with van der Waals surface area (Å²) < 4.78 is 0. The van der Waals surface area contributed by atoms with Crippen LogP contribution in [0.1, 0.15) is 5.56 Å². The van der Waals surface area contributed by atoms with Crippen LogP contribution in [0.2, 0.25) is 0 Å². The maximum absolute atomic E-state index is 10.5. The first-order valence-electron chi connectivity index (χ1n) is 3.57. The fraction of sp³-hybridized carbons (Fsp3) is 0.250. The largest absolute Gasteiger partial charge is 0.299 e. The van der Waals surface area contributed by atoms with Gasteiger partial charge in [0.2, 0.25) is 6.41 Å². The maximum atomic E-state index is 10.5. The van der Waals surface area contributed by atoms with Crippen molar-refractivity contribution in [3.63, 3.8) is 0 Å². The van der Waals surface area contributed by atoms with E-state index in [0.29, 0.717) is 0 Å². The second kappa shape index (κ2) is 2.34. The molecule has 0 aliphatic carbocycles. The standard InChI is InChI=1S/C8H8N2O/c11-6-10-5-3-7-2-1-4-9-8(7)10/h1-2,4,6H,3,5H2. The summed E-state index contributed by atoms with van der Waals surface area (Å²) in [5.41, 5.74) is 1.17. The van der Waals surface area contributed by atoms with Crippen LogP contribution in [0.25, 0.3) is 0 Å². The summed E-state index contributed by atoms with van der Waals surface area (Å²) in [5.74, 6) is 0.822. The highest BCUT2D eigenvalue weighted by molar-refractivity contribution is 5.76. The molecule has 0 radical (unpaired) electrons. The summed E-state index contributed by atoms with van der Waals surface area (Å²) in [6.07, 6.45) is 3.47. The van der Waals surface area contributed by atoms with Crippen molar-refractivity contribution >= 4 is 12.2 Å². The highest BCUT2D eigenvalue weighted by atomic mass is 16.1. The van der Waals surface area contributed by atoms with Crippen LogP contribution in [0, 0.1) is 0 Å². The van der Waals surface area contributed by atoms with E-state index in [1.54, 1.807) is 11.1 Å². The molecule has 0 spiro atoms. The lowest BCUT2D eigenvalue weighted by atomic mass is 10.2. The van der Waals surface area contributed by atoms with Gasteiger partial charge in [-0.3, -0.25) is 9.69 Å². The van der Waals surface area contributed by atoms with Crippen LogP contribution in [0.15, 0.2) is 18.3 Å². The molecule has 0 bridgehead atoms. The number of aromatic nitrogens is 1. The van der Waals surface area contributed by atoms with E-state index >= 15 is 0 Å². The van der Waals surface area contributed by atoms with Gasteiger partial charge in [0.1, 0.15) is 5.82 Å². The number of hydrogen-bond acceptors (Lipinski definition) is 2. The van der Waals surface area contributed by atoms with E-state index in [-0.39, 0.29) is 0 Å². The SMILES string of the molecule is O=CN1CCc2cccnc21. The van der Waals surface area contributed by atoms with Gasteiger partial charge >= 0.3 is 0 Å². The molecule has 1 aliphatic heterocycles. The van der Waals surface area contributed by atoms with Gasteiger partial charge in [-0.15, -0.1) is 0 Å². The number of hydrogen-bond donors (Lipinski definition) is 0. The van der Waals surface area contributed by atoms with Crippen LogP contribution in [-0.4, -0.2) is 17.9 Å². The molecule has 1 aliphatic rings. The second-order valence-corrected chi connectivity index (χ2v) is 2.53. The molecule has 2 rings (SSSR count). The Morgan fingerprint density at radius 3 is 3.36 bits per heavy atom. The smallest absolute Gasteiger partial charge is 0.215 e. The summed E-state index contributed by atoms with van der Waals surface area (Å²) in [4.78, 5) is 16.2. The van der Waals surface area contributed by atoms with Gasteiger partial charge in [0.05, 0.1) is 0 Å². The molecule has 1 aromatic heterocycles. The summed E-state index contributed by atoms with van der Waals surface area (Å²) >= 11 is 0. The zero-order chi connectivity index (χ0) is 7.68. The van der Waals surface area contributed by atoms with E-state index in [4.69, 9.17) is 0 Å². The molecule has 0 unspecified atom stereocenters. The molecule has 0 atom stereocenters. The Bertz CT molecular complexity index is 285. The maximum Gasteiger partial charge on any atom is 0.215 e. The van der Waals surface area contributed by atoms with Crippen molar-refractivity contribution in [2.45, 2.75) is 6.42 Å². The van der Waals surface area contributed by atoms with E-state index in [0.717, 1.165) is 25.2 Å². The van der Waals surface area contributed by atoms with Crippen LogP contribution in [-0.2, 0) is 11.2 Å². The number of carbonyl (C=O) groups excluding carboxylic acids is 1. The summed E-state index contributed by atoms with van der Waals surface area (Å²) in [7, 11) is 0. The average molecular weight is 148 g/mol. The van der Waals surface area contributed by atoms with Crippen molar-refractivity contribution in [1.82, 2.24) is 4.98 Å². The lowest BCUT2D eigenvalue weighted by molar-refractivity contribution is -0.107. The second-order valence-electron chi connectivity index (χ2n) is 2.53. The highest BCUT2D eigenvalue weighted by Gasteiger charge is 2.18. The zero-order valence-corrected chi connectivity index (χ0v) is 6.03. The number of anilines is 1. The normalized spacial score (nSPS) is 14.7. The first-order chi connectivity index (χ1) is 5.42. The Balaban J connectivity index is 2.46. The number of nitrogens with zero attached hydrogens (tertiary/aromatic N) is 2. The van der Waals surface area contributed by atoms with Crippen LogP contribution in [0.4, 0.5) is 5.82 Å². The minimum Gasteiger partial charge on any atom is -0.299 e. The Labute approximate surface area is 64.7 Å². The molecule has 0 fully saturated rings. The van der Waals surface area contributed by atoms with Crippen molar-refractivity contribution in [1.29, 1.82) is 0 Å². The first-order valence-corrected chi connectivity index (χ1v) is 3.57. The highest BCUT2D eigenvalue weighted by Crippen LogP contribution is 2.22. The molecule has 2 heterocycles. The molecular formula is C8H8N2O. The van der Waals surface area contributed by atoms with Crippen LogP contribution >= 0.6 is 0 Å². The number of rotatable bonds is 1. The number of fused-ring (bicyclic) bond motifs is 1. The molecule has 0 saturated carbocycles. The summed E-state index contributed by atoms with van der Waals surface area (Å²) in [6.45, 7) is 0.774. The Morgan fingerprint density at radius 1 is 1.64 bits per heavy atom. The molecule has 56 valence electrons. The van der Waals surface area contributed by atoms with Gasteiger partial charge in [-0.25, -0.2) is 4.98 Å². The number of amides is 1. The lowest BCUT2D eigenvalue weighted by Crippen LogP contribution is -2.18. The average Bonchev–Trinajstić information content (AvgIpc) is 2.47. The van der Waals surface area contributed by atoms with E-state index in [9.17, 15) is 4.79 Å². The molecule has 3 nitrogen and oxygen atoms in total. The summed E-state index contributed by atoms with van der Waals surface area (Å²) in [6, 6.07) is 3.90. The lowest BCUT2D eigenvalue weighted by Gasteiger charge is -2.06. The van der Waals surface area contributed by atoms with E-state index in [1.807, 2.05) is 12.1 Å². The molecule has 0 aromatic carbocycles. The van der Waals surface area contributed by atoms with Gasteiger partial charge in [0.25, 0.3) is 0 Å². The van der Waals surface area contributed by atoms with Crippen molar-refractivity contribution in [3.8, 4) is 0 Å². The molecule has 3 heteroatoms. The van der Waals surface area contributed by atoms with E-state index in [1.165, 1.54) is 5.56 Å². The van der Waals surface area contributed by atoms with Crippen molar-refractivity contribution in [3.05, 3.63) is 23.9 Å². The number of carbonyl (C=O) groups is 1. The van der Waals surface area contributed by atoms with Crippen LogP contribution in [0.5, 0.6) is 0 Å². The molecule has 1 aromatic rings. The van der Waals surface area contributed by atoms with Gasteiger partial charge in [0.15, 0.2) is 0 Å². The zero-order valence-electron chi connectivity index (χ0n) is 6.03. The fourth-order valence-electron chi connectivity index (χ4n) is 1.33. The molecule has 0 saturated heterocycles. The van der Waals surface area contributed by atoms with Crippen molar-refractivity contribution < 1.29 is 4.79 Å². The minimum atomic E-state index is 0.774. The van der Waals surface area contributed by atoms with Gasteiger partial charge in [0, 0.05) is 12.7 Å². The third kappa shape index (κ3) is 0.888. The van der Waals surface area contributed by atoms with Crippen LogP contribution in [0.3, 0.4) is 0 Å². The third-order valence-electron chi connectivity index (χ3n) is 1.89. The third-order valence-corrected chi connectivity index (χ3v) is 1.89. The van der Waals surface area contributed by atoms with Gasteiger partial charge in [-0.05, 0) is 18.1 Å². The first kappa shape index (κ1) is 6.34. The quantitative estimate of drug-likeness (QED) is 0.546. The topological polar surface area (TPSA) is 33.2 Å². The monoisotopic (exact) mass is 148 g/mol. The Kier molecular flexibility index (Phi) is 1.35. The van der Waals surface area contributed by atoms with Gasteiger partial charge in [-0.2, -0.15) is 0 Å². The van der Waals surface area contributed by atoms with Crippen molar-refractivity contribution in [2.75, 3.05) is 11.4 Å².